The van der Waals surface area contributed by atoms with Gasteiger partial charge in [-0.3, -0.25) is 0 Å². The number of hydrogen-bond donors (Lipinski definition) is 1. The Hall–Kier alpha value is -2.62. The van der Waals surface area contributed by atoms with Crippen molar-refractivity contribution in [1.29, 1.82) is 0 Å². The summed E-state index contributed by atoms with van der Waals surface area (Å²) in [5, 5.41) is 14.2. The molecule has 0 bridgehead atoms. The lowest BCUT2D eigenvalue weighted by Gasteiger charge is -2.02. The predicted molar refractivity (Wildman–Crippen MR) is 68.6 cm³/mol. The van der Waals surface area contributed by atoms with Crippen LogP contribution >= 0.6 is 0 Å². The molecule has 88 valence electrons. The topological polar surface area (TPSA) is 55.1 Å². The summed E-state index contributed by atoms with van der Waals surface area (Å²) in [5.74, 6) is 0. The van der Waals surface area contributed by atoms with E-state index in [0.29, 0.717) is 11.2 Å². The van der Waals surface area contributed by atoms with Crippen molar-refractivity contribution in [1.82, 2.24) is 9.78 Å². The number of carbonyl (C=O) groups is 1. The Morgan fingerprint density at radius 2 is 1.67 bits per heavy atom. The van der Waals surface area contributed by atoms with E-state index in [0.717, 1.165) is 15.6 Å². The minimum atomic E-state index is -1.08. The Labute approximate surface area is 103 Å². The van der Waals surface area contributed by atoms with Crippen LogP contribution in [0.4, 0.5) is 4.79 Å². The first-order valence-corrected chi connectivity index (χ1v) is 5.54. The molecule has 0 atom stereocenters. The van der Waals surface area contributed by atoms with Crippen LogP contribution in [0.3, 0.4) is 0 Å². The van der Waals surface area contributed by atoms with Crippen LogP contribution in [-0.2, 0) is 0 Å². The van der Waals surface area contributed by atoms with Gasteiger partial charge in [-0.25, -0.2) is 4.79 Å². The van der Waals surface area contributed by atoms with Gasteiger partial charge in [-0.2, -0.15) is 9.78 Å². The lowest BCUT2D eigenvalue weighted by atomic mass is 10.1. The van der Waals surface area contributed by atoms with Crippen LogP contribution in [-0.4, -0.2) is 21.0 Å². The first kappa shape index (κ1) is 10.5. The van der Waals surface area contributed by atoms with Gasteiger partial charge in [-0.05, 0) is 6.07 Å². The quantitative estimate of drug-likeness (QED) is 0.708. The molecule has 2 aromatic carbocycles. The van der Waals surface area contributed by atoms with E-state index in [-0.39, 0.29) is 0 Å². The standard InChI is InChI=1S/C14H10N2O2/c17-14(18)16-13(10-6-2-1-3-7-10)11-8-4-5-9-12(11)15-16/h1-9H,(H,17,18). The molecule has 0 saturated heterocycles. The Bertz CT molecular complexity index is 717. The van der Waals surface area contributed by atoms with E-state index >= 15 is 0 Å². The van der Waals surface area contributed by atoms with Crippen molar-refractivity contribution < 1.29 is 9.90 Å². The minimum Gasteiger partial charge on any atom is -0.463 e. The Morgan fingerprint density at radius 3 is 2.39 bits per heavy atom. The van der Waals surface area contributed by atoms with Crippen LogP contribution < -0.4 is 0 Å². The second-order valence-electron chi connectivity index (χ2n) is 3.93. The maximum atomic E-state index is 11.3. The summed E-state index contributed by atoms with van der Waals surface area (Å²) >= 11 is 0. The average Bonchev–Trinajstić information content (AvgIpc) is 2.79. The zero-order valence-corrected chi connectivity index (χ0v) is 9.45. The maximum absolute atomic E-state index is 11.3. The molecular formula is C14H10N2O2. The van der Waals surface area contributed by atoms with Gasteiger partial charge in [0.2, 0.25) is 0 Å². The first-order valence-electron chi connectivity index (χ1n) is 5.54. The van der Waals surface area contributed by atoms with Gasteiger partial charge in [0.15, 0.2) is 0 Å². The Balaban J connectivity index is 2.38. The van der Waals surface area contributed by atoms with Gasteiger partial charge >= 0.3 is 6.09 Å². The highest BCUT2D eigenvalue weighted by Crippen LogP contribution is 2.28. The van der Waals surface area contributed by atoms with Crippen LogP contribution in [0.15, 0.2) is 54.6 Å². The van der Waals surface area contributed by atoms with Crippen molar-refractivity contribution in [2.75, 3.05) is 0 Å². The molecule has 0 amide bonds. The predicted octanol–water partition coefficient (Wildman–Crippen LogP) is 3.23. The molecule has 0 radical (unpaired) electrons. The monoisotopic (exact) mass is 238 g/mol. The summed E-state index contributed by atoms with van der Waals surface area (Å²) in [4.78, 5) is 11.3. The summed E-state index contributed by atoms with van der Waals surface area (Å²) in [6, 6.07) is 16.8. The smallest absolute Gasteiger partial charge is 0.432 e. The van der Waals surface area contributed by atoms with Crippen molar-refractivity contribution >= 4 is 17.0 Å². The maximum Gasteiger partial charge on any atom is 0.432 e. The van der Waals surface area contributed by atoms with Crippen LogP contribution in [0.5, 0.6) is 0 Å². The molecule has 0 aliphatic rings. The normalized spacial score (nSPS) is 10.7. The molecule has 0 saturated carbocycles. The van der Waals surface area contributed by atoms with Crippen molar-refractivity contribution in [2.24, 2.45) is 0 Å². The van der Waals surface area contributed by atoms with Gasteiger partial charge in [0.05, 0.1) is 11.2 Å². The number of benzene rings is 2. The van der Waals surface area contributed by atoms with E-state index in [1.165, 1.54) is 0 Å². The highest BCUT2D eigenvalue weighted by atomic mass is 16.4. The molecule has 0 spiro atoms. The fraction of sp³-hybridized carbons (Fsp3) is 0. The van der Waals surface area contributed by atoms with Gasteiger partial charge < -0.3 is 5.11 Å². The molecule has 0 fully saturated rings. The van der Waals surface area contributed by atoms with E-state index in [9.17, 15) is 9.90 Å². The molecule has 4 nitrogen and oxygen atoms in total. The lowest BCUT2D eigenvalue weighted by Crippen LogP contribution is -2.11. The zero-order valence-electron chi connectivity index (χ0n) is 9.45. The van der Waals surface area contributed by atoms with Crippen LogP contribution in [0.1, 0.15) is 0 Å². The van der Waals surface area contributed by atoms with E-state index < -0.39 is 6.09 Å². The summed E-state index contributed by atoms with van der Waals surface area (Å²) in [6.07, 6.45) is -1.08. The highest BCUT2D eigenvalue weighted by molar-refractivity contribution is 5.96. The number of nitrogens with zero attached hydrogens (tertiary/aromatic N) is 2. The van der Waals surface area contributed by atoms with Crippen LogP contribution in [0, 0.1) is 0 Å². The fourth-order valence-electron chi connectivity index (χ4n) is 2.05. The van der Waals surface area contributed by atoms with Crippen LogP contribution in [0.25, 0.3) is 22.2 Å². The zero-order chi connectivity index (χ0) is 12.5. The largest absolute Gasteiger partial charge is 0.463 e. The molecule has 1 heterocycles. The van der Waals surface area contributed by atoms with Gasteiger partial charge in [0, 0.05) is 10.9 Å². The van der Waals surface area contributed by atoms with E-state index in [2.05, 4.69) is 5.10 Å². The molecule has 1 aromatic heterocycles. The third-order valence-electron chi connectivity index (χ3n) is 2.81. The number of fused-ring (bicyclic) bond motifs is 1. The number of carboxylic acid groups (broad SMARTS) is 1. The lowest BCUT2D eigenvalue weighted by molar-refractivity contribution is 0.193. The SMILES string of the molecule is O=C(O)n1nc2ccccc2c1-c1ccccc1. The van der Waals surface area contributed by atoms with Gasteiger partial charge in [0.25, 0.3) is 0 Å². The molecule has 0 aliphatic heterocycles. The Kier molecular flexibility index (Phi) is 2.34. The van der Waals surface area contributed by atoms with Crippen molar-refractivity contribution in [3.63, 3.8) is 0 Å². The summed E-state index contributed by atoms with van der Waals surface area (Å²) in [5.41, 5.74) is 2.13. The molecule has 4 heteroatoms. The van der Waals surface area contributed by atoms with Crippen molar-refractivity contribution in [3.05, 3.63) is 54.6 Å². The minimum absolute atomic E-state index is 0.610. The molecule has 1 N–H and O–H groups in total. The number of rotatable bonds is 1. The number of aromatic nitrogens is 2. The molecule has 3 rings (SSSR count). The molecular weight excluding hydrogens is 228 g/mol. The van der Waals surface area contributed by atoms with Crippen molar-refractivity contribution in [2.45, 2.75) is 0 Å². The van der Waals surface area contributed by atoms with Crippen LogP contribution in [0.2, 0.25) is 0 Å². The molecule has 0 unspecified atom stereocenters. The summed E-state index contributed by atoms with van der Waals surface area (Å²) < 4.78 is 1.03. The summed E-state index contributed by atoms with van der Waals surface area (Å²) in [6.45, 7) is 0. The van der Waals surface area contributed by atoms with Gasteiger partial charge in [-0.1, -0.05) is 48.5 Å². The third kappa shape index (κ3) is 1.55. The van der Waals surface area contributed by atoms with Crippen molar-refractivity contribution in [3.8, 4) is 11.3 Å². The highest BCUT2D eigenvalue weighted by Gasteiger charge is 2.16. The average molecular weight is 238 g/mol. The second kappa shape index (κ2) is 4.00. The first-order chi connectivity index (χ1) is 8.77. The molecule has 0 aliphatic carbocycles. The van der Waals surface area contributed by atoms with Gasteiger partial charge in [0.1, 0.15) is 0 Å². The fourth-order valence-corrected chi connectivity index (χ4v) is 2.05. The van der Waals surface area contributed by atoms with Gasteiger partial charge in [-0.15, -0.1) is 0 Å². The second-order valence-corrected chi connectivity index (χ2v) is 3.93. The molecule has 3 aromatic rings. The van der Waals surface area contributed by atoms with E-state index in [1.807, 2.05) is 48.5 Å². The third-order valence-corrected chi connectivity index (χ3v) is 2.81. The molecule has 18 heavy (non-hydrogen) atoms. The number of hydrogen-bond acceptors (Lipinski definition) is 2. The van der Waals surface area contributed by atoms with E-state index in [4.69, 9.17) is 0 Å². The van der Waals surface area contributed by atoms with E-state index in [1.54, 1.807) is 6.07 Å². The summed E-state index contributed by atoms with van der Waals surface area (Å²) in [7, 11) is 0. The Morgan fingerprint density at radius 1 is 1.00 bits per heavy atom.